The Bertz CT molecular complexity index is 850. The van der Waals surface area contributed by atoms with E-state index in [-0.39, 0.29) is 18.4 Å². The summed E-state index contributed by atoms with van der Waals surface area (Å²) in [6.07, 6.45) is -1.50. The molecule has 0 aliphatic carbocycles. The molecule has 2 amide bonds. The SMILES string of the molecule is COc1ccc(O[C@H](C)C(=O)N2C[C@@H](C(=O)N(C)C)Oc3ccccc32)cc1. The lowest BCUT2D eigenvalue weighted by molar-refractivity contribution is -0.136. The number of anilines is 1. The summed E-state index contributed by atoms with van der Waals surface area (Å²) in [5, 5.41) is 0. The van der Waals surface area contributed by atoms with E-state index < -0.39 is 12.2 Å². The molecule has 0 fully saturated rings. The van der Waals surface area contributed by atoms with Gasteiger partial charge in [0.25, 0.3) is 11.8 Å². The predicted octanol–water partition coefficient (Wildman–Crippen LogP) is 2.34. The second-order valence-corrected chi connectivity index (χ2v) is 6.69. The first-order valence-electron chi connectivity index (χ1n) is 8.99. The Labute approximate surface area is 164 Å². The lowest BCUT2D eigenvalue weighted by atomic mass is 10.1. The lowest BCUT2D eigenvalue weighted by Gasteiger charge is -2.36. The van der Waals surface area contributed by atoms with Crippen molar-refractivity contribution in [3.05, 3.63) is 48.5 Å². The zero-order chi connectivity index (χ0) is 20.3. The molecule has 1 aliphatic rings. The van der Waals surface area contributed by atoms with Crippen molar-refractivity contribution in [1.29, 1.82) is 0 Å². The van der Waals surface area contributed by atoms with Crippen molar-refractivity contribution in [3.63, 3.8) is 0 Å². The van der Waals surface area contributed by atoms with Gasteiger partial charge in [0, 0.05) is 14.1 Å². The molecule has 0 saturated heterocycles. The standard InChI is InChI=1S/C21H24N2O5/c1-14(27-16-11-9-15(26-4)10-12-16)20(24)23-13-19(21(25)22(2)3)28-18-8-6-5-7-17(18)23/h5-12,14,19H,13H2,1-4H3/t14-,19+/m1/s1. The number of nitrogens with zero attached hydrogens (tertiary/aromatic N) is 2. The average Bonchev–Trinajstić information content (AvgIpc) is 2.72. The van der Waals surface area contributed by atoms with Gasteiger partial charge >= 0.3 is 0 Å². The van der Waals surface area contributed by atoms with Crippen molar-refractivity contribution >= 4 is 17.5 Å². The van der Waals surface area contributed by atoms with Crippen molar-refractivity contribution in [2.24, 2.45) is 0 Å². The van der Waals surface area contributed by atoms with Gasteiger partial charge in [-0.25, -0.2) is 0 Å². The number of hydrogen-bond acceptors (Lipinski definition) is 5. The highest BCUT2D eigenvalue weighted by atomic mass is 16.5. The summed E-state index contributed by atoms with van der Waals surface area (Å²) in [6, 6.07) is 14.2. The van der Waals surface area contributed by atoms with Crippen molar-refractivity contribution in [2.45, 2.75) is 19.1 Å². The van der Waals surface area contributed by atoms with Gasteiger partial charge in [-0.2, -0.15) is 0 Å². The third-order valence-corrected chi connectivity index (χ3v) is 4.48. The molecular weight excluding hydrogens is 360 g/mol. The quantitative estimate of drug-likeness (QED) is 0.792. The molecule has 148 valence electrons. The van der Waals surface area contributed by atoms with Crippen LogP contribution in [0.4, 0.5) is 5.69 Å². The molecule has 0 spiro atoms. The number of fused-ring (bicyclic) bond motifs is 1. The van der Waals surface area contributed by atoms with Gasteiger partial charge in [0.1, 0.15) is 17.2 Å². The van der Waals surface area contributed by atoms with Crippen molar-refractivity contribution in [2.75, 3.05) is 32.6 Å². The molecule has 2 atom stereocenters. The van der Waals surface area contributed by atoms with E-state index in [1.54, 1.807) is 75.5 Å². The molecule has 0 N–H and O–H groups in total. The van der Waals surface area contributed by atoms with Crippen molar-refractivity contribution in [1.82, 2.24) is 4.90 Å². The van der Waals surface area contributed by atoms with E-state index in [0.29, 0.717) is 22.9 Å². The van der Waals surface area contributed by atoms with Crippen LogP contribution in [0.2, 0.25) is 0 Å². The summed E-state index contributed by atoms with van der Waals surface area (Å²) in [7, 11) is 4.91. The van der Waals surface area contributed by atoms with Crippen LogP contribution in [-0.2, 0) is 9.59 Å². The number of amides is 2. The molecule has 1 aliphatic heterocycles. The fourth-order valence-electron chi connectivity index (χ4n) is 2.99. The number of likely N-dealkylation sites (N-methyl/N-ethyl adjacent to an activating group) is 1. The van der Waals surface area contributed by atoms with E-state index in [0.717, 1.165) is 0 Å². The van der Waals surface area contributed by atoms with E-state index in [2.05, 4.69) is 0 Å². The number of rotatable bonds is 5. The number of methoxy groups -OCH3 is 1. The number of benzene rings is 2. The summed E-state index contributed by atoms with van der Waals surface area (Å²) in [5.41, 5.74) is 0.625. The summed E-state index contributed by atoms with van der Waals surface area (Å²) in [4.78, 5) is 28.6. The van der Waals surface area contributed by atoms with Gasteiger partial charge in [0.05, 0.1) is 19.3 Å². The summed E-state index contributed by atoms with van der Waals surface area (Å²) in [5.74, 6) is 1.32. The molecular formula is C21H24N2O5. The van der Waals surface area contributed by atoms with Crippen molar-refractivity contribution < 1.29 is 23.8 Å². The van der Waals surface area contributed by atoms with Gasteiger partial charge in [0.2, 0.25) is 0 Å². The molecule has 7 heteroatoms. The van der Waals surface area contributed by atoms with Crippen LogP contribution in [-0.4, -0.2) is 56.7 Å². The van der Waals surface area contributed by atoms with Gasteiger partial charge in [-0.15, -0.1) is 0 Å². The molecule has 0 bridgehead atoms. The monoisotopic (exact) mass is 384 g/mol. The Hall–Kier alpha value is -3.22. The normalized spacial score (nSPS) is 16.4. The first-order chi connectivity index (χ1) is 13.4. The maximum absolute atomic E-state index is 13.1. The van der Waals surface area contributed by atoms with E-state index in [1.807, 2.05) is 6.07 Å². The molecule has 2 aromatic carbocycles. The molecule has 1 heterocycles. The lowest BCUT2D eigenvalue weighted by Crippen LogP contribution is -2.52. The maximum Gasteiger partial charge on any atom is 0.268 e. The van der Waals surface area contributed by atoms with Crippen LogP contribution in [0.3, 0.4) is 0 Å². The second-order valence-electron chi connectivity index (χ2n) is 6.69. The summed E-state index contributed by atoms with van der Waals surface area (Å²) < 4.78 is 16.8. The zero-order valence-corrected chi connectivity index (χ0v) is 16.4. The molecule has 2 aromatic rings. The molecule has 0 aromatic heterocycles. The Balaban J connectivity index is 1.80. The van der Waals surface area contributed by atoms with Crippen LogP contribution in [0, 0.1) is 0 Å². The molecule has 7 nitrogen and oxygen atoms in total. The Morgan fingerprint density at radius 2 is 1.75 bits per heavy atom. The van der Waals surface area contributed by atoms with Gasteiger partial charge in [-0.1, -0.05) is 12.1 Å². The third kappa shape index (κ3) is 4.03. The van der Waals surface area contributed by atoms with Crippen LogP contribution in [0.25, 0.3) is 0 Å². The number of carbonyl (C=O) groups is 2. The van der Waals surface area contributed by atoms with E-state index in [9.17, 15) is 9.59 Å². The fourth-order valence-corrected chi connectivity index (χ4v) is 2.99. The van der Waals surface area contributed by atoms with Crippen LogP contribution in [0.15, 0.2) is 48.5 Å². The number of para-hydroxylation sites is 2. The fraction of sp³-hybridized carbons (Fsp3) is 0.333. The van der Waals surface area contributed by atoms with Gasteiger partial charge in [0.15, 0.2) is 12.2 Å². The zero-order valence-electron chi connectivity index (χ0n) is 16.4. The Kier molecular flexibility index (Phi) is 5.73. The Morgan fingerprint density at radius 1 is 1.11 bits per heavy atom. The van der Waals surface area contributed by atoms with Gasteiger partial charge in [-0.05, 0) is 43.3 Å². The van der Waals surface area contributed by atoms with Gasteiger partial charge < -0.3 is 24.0 Å². The molecule has 0 unspecified atom stereocenters. The molecule has 3 rings (SSSR count). The highest BCUT2D eigenvalue weighted by Crippen LogP contribution is 2.34. The van der Waals surface area contributed by atoms with Crippen LogP contribution in [0.5, 0.6) is 17.2 Å². The topological polar surface area (TPSA) is 68.3 Å². The highest BCUT2D eigenvalue weighted by molar-refractivity contribution is 5.99. The first kappa shape index (κ1) is 19.5. The predicted molar refractivity (Wildman–Crippen MR) is 105 cm³/mol. The average molecular weight is 384 g/mol. The van der Waals surface area contributed by atoms with Crippen LogP contribution in [0.1, 0.15) is 6.92 Å². The number of carbonyl (C=O) groups excluding carboxylic acids is 2. The van der Waals surface area contributed by atoms with Crippen LogP contribution < -0.4 is 19.1 Å². The molecule has 0 radical (unpaired) electrons. The maximum atomic E-state index is 13.1. The summed E-state index contributed by atoms with van der Waals surface area (Å²) in [6.45, 7) is 1.82. The van der Waals surface area contributed by atoms with E-state index in [4.69, 9.17) is 14.2 Å². The van der Waals surface area contributed by atoms with E-state index in [1.165, 1.54) is 4.90 Å². The minimum atomic E-state index is -0.762. The first-order valence-corrected chi connectivity index (χ1v) is 8.99. The van der Waals surface area contributed by atoms with Crippen molar-refractivity contribution in [3.8, 4) is 17.2 Å². The summed E-state index contributed by atoms with van der Waals surface area (Å²) >= 11 is 0. The number of ether oxygens (including phenoxy) is 3. The smallest absolute Gasteiger partial charge is 0.268 e. The highest BCUT2D eigenvalue weighted by Gasteiger charge is 2.36. The van der Waals surface area contributed by atoms with E-state index >= 15 is 0 Å². The van der Waals surface area contributed by atoms with Gasteiger partial charge in [-0.3, -0.25) is 9.59 Å². The largest absolute Gasteiger partial charge is 0.497 e. The van der Waals surface area contributed by atoms with Crippen LogP contribution >= 0.6 is 0 Å². The molecule has 0 saturated carbocycles. The Morgan fingerprint density at radius 3 is 2.39 bits per heavy atom. The number of hydrogen-bond donors (Lipinski definition) is 0. The minimum absolute atomic E-state index is 0.128. The minimum Gasteiger partial charge on any atom is -0.497 e. The third-order valence-electron chi connectivity index (χ3n) is 4.48. The second kappa shape index (κ2) is 8.21. The molecule has 28 heavy (non-hydrogen) atoms.